The van der Waals surface area contributed by atoms with E-state index in [1.807, 2.05) is 19.2 Å². The van der Waals surface area contributed by atoms with E-state index in [4.69, 9.17) is 4.42 Å². The van der Waals surface area contributed by atoms with Crippen LogP contribution in [0.15, 0.2) is 22.8 Å². The zero-order valence-corrected chi connectivity index (χ0v) is 10.3. The number of nitrogens with zero attached hydrogens (tertiary/aromatic N) is 1. The number of carbonyl (C=O) groups is 1. The van der Waals surface area contributed by atoms with Gasteiger partial charge in [-0.25, -0.2) is 0 Å². The summed E-state index contributed by atoms with van der Waals surface area (Å²) in [5, 5.41) is 3.32. The first kappa shape index (κ1) is 12.2. The first-order chi connectivity index (χ1) is 8.27. The van der Waals surface area contributed by atoms with Gasteiger partial charge < -0.3 is 14.6 Å². The van der Waals surface area contributed by atoms with Crippen molar-refractivity contribution >= 4 is 5.91 Å². The molecule has 0 bridgehead atoms. The van der Waals surface area contributed by atoms with Gasteiger partial charge in [-0.15, -0.1) is 0 Å². The van der Waals surface area contributed by atoms with Crippen molar-refractivity contribution in [2.24, 2.45) is 0 Å². The van der Waals surface area contributed by atoms with E-state index in [1.165, 1.54) is 12.8 Å². The normalized spacial score (nSPS) is 20.9. The van der Waals surface area contributed by atoms with Crippen molar-refractivity contribution in [2.75, 3.05) is 13.6 Å². The van der Waals surface area contributed by atoms with Crippen LogP contribution in [0.1, 0.15) is 31.4 Å². The molecule has 1 atom stereocenters. The number of nitrogens with one attached hydrogen (secondary N) is 1. The van der Waals surface area contributed by atoms with Gasteiger partial charge in [-0.2, -0.15) is 0 Å². The molecule has 1 unspecified atom stereocenters. The van der Waals surface area contributed by atoms with Gasteiger partial charge in [0.05, 0.1) is 18.8 Å². The average Bonchev–Trinajstić information content (AvgIpc) is 2.68. The summed E-state index contributed by atoms with van der Waals surface area (Å²) in [4.78, 5) is 13.9. The third kappa shape index (κ3) is 3.33. The SMILES string of the molecule is CN(Cc1ccco1)C(=O)C1CCCCCN1. The van der Waals surface area contributed by atoms with Crippen molar-refractivity contribution in [1.82, 2.24) is 10.2 Å². The van der Waals surface area contributed by atoms with Crippen molar-refractivity contribution in [3.8, 4) is 0 Å². The monoisotopic (exact) mass is 236 g/mol. The lowest BCUT2D eigenvalue weighted by atomic mass is 10.1. The number of hydrogen-bond donors (Lipinski definition) is 1. The van der Waals surface area contributed by atoms with E-state index in [2.05, 4.69) is 5.32 Å². The fourth-order valence-electron chi connectivity index (χ4n) is 2.22. The molecule has 0 aromatic carbocycles. The third-order valence-corrected chi connectivity index (χ3v) is 3.21. The lowest BCUT2D eigenvalue weighted by Crippen LogP contribution is -2.44. The average molecular weight is 236 g/mol. The van der Waals surface area contributed by atoms with Crippen LogP contribution < -0.4 is 5.32 Å². The summed E-state index contributed by atoms with van der Waals surface area (Å²) in [5.41, 5.74) is 0. The van der Waals surface area contributed by atoms with Gasteiger partial charge in [-0.1, -0.05) is 12.8 Å². The van der Waals surface area contributed by atoms with Crippen LogP contribution in [-0.2, 0) is 11.3 Å². The molecule has 1 amide bonds. The van der Waals surface area contributed by atoms with Crippen LogP contribution in [0.5, 0.6) is 0 Å². The van der Waals surface area contributed by atoms with Crippen molar-refractivity contribution in [1.29, 1.82) is 0 Å². The first-order valence-electron chi connectivity index (χ1n) is 6.28. The second-order valence-corrected chi connectivity index (χ2v) is 4.63. The van der Waals surface area contributed by atoms with Crippen molar-refractivity contribution in [3.63, 3.8) is 0 Å². The summed E-state index contributed by atoms with van der Waals surface area (Å²) in [6.07, 6.45) is 6.11. The molecular formula is C13H20N2O2. The zero-order chi connectivity index (χ0) is 12.1. The van der Waals surface area contributed by atoms with Gasteiger partial charge in [0.15, 0.2) is 0 Å². The maximum absolute atomic E-state index is 12.2. The van der Waals surface area contributed by atoms with Gasteiger partial charge >= 0.3 is 0 Å². The Morgan fingerprint density at radius 3 is 3.18 bits per heavy atom. The zero-order valence-electron chi connectivity index (χ0n) is 10.3. The highest BCUT2D eigenvalue weighted by atomic mass is 16.3. The molecule has 1 aliphatic heterocycles. The van der Waals surface area contributed by atoms with Crippen LogP contribution in [0, 0.1) is 0 Å². The molecule has 2 rings (SSSR count). The van der Waals surface area contributed by atoms with Crippen LogP contribution >= 0.6 is 0 Å². The van der Waals surface area contributed by atoms with Gasteiger partial charge in [0, 0.05) is 7.05 Å². The number of furan rings is 1. The van der Waals surface area contributed by atoms with Gasteiger partial charge in [-0.3, -0.25) is 4.79 Å². The summed E-state index contributed by atoms with van der Waals surface area (Å²) in [6, 6.07) is 3.72. The molecule has 1 N–H and O–H groups in total. The van der Waals surface area contributed by atoms with Crippen molar-refractivity contribution < 1.29 is 9.21 Å². The van der Waals surface area contributed by atoms with Crippen LogP contribution in [0.2, 0.25) is 0 Å². The lowest BCUT2D eigenvalue weighted by Gasteiger charge is -2.22. The largest absolute Gasteiger partial charge is 0.467 e. The number of rotatable bonds is 3. The van der Waals surface area contributed by atoms with Gasteiger partial charge in [0.1, 0.15) is 5.76 Å². The molecule has 1 aliphatic rings. The highest BCUT2D eigenvalue weighted by molar-refractivity contribution is 5.81. The van der Waals surface area contributed by atoms with Crippen LogP contribution in [-0.4, -0.2) is 30.4 Å². The van der Waals surface area contributed by atoms with E-state index >= 15 is 0 Å². The second-order valence-electron chi connectivity index (χ2n) is 4.63. The molecule has 0 spiro atoms. The summed E-state index contributed by atoms with van der Waals surface area (Å²) < 4.78 is 5.25. The van der Waals surface area contributed by atoms with E-state index in [0.717, 1.165) is 25.1 Å². The van der Waals surface area contributed by atoms with Crippen molar-refractivity contribution in [3.05, 3.63) is 24.2 Å². The minimum absolute atomic E-state index is 0.0162. The molecule has 94 valence electrons. The van der Waals surface area contributed by atoms with Crippen LogP contribution in [0.25, 0.3) is 0 Å². The van der Waals surface area contributed by atoms with E-state index in [9.17, 15) is 4.79 Å². The maximum atomic E-state index is 12.2. The summed E-state index contributed by atoms with van der Waals surface area (Å²) in [7, 11) is 1.83. The van der Waals surface area contributed by atoms with E-state index in [1.54, 1.807) is 11.2 Å². The molecule has 0 aliphatic carbocycles. The number of amides is 1. The van der Waals surface area contributed by atoms with E-state index in [-0.39, 0.29) is 11.9 Å². The Morgan fingerprint density at radius 1 is 1.53 bits per heavy atom. The molecule has 1 saturated heterocycles. The Hall–Kier alpha value is -1.29. The molecule has 4 heteroatoms. The van der Waals surface area contributed by atoms with Crippen LogP contribution in [0.4, 0.5) is 0 Å². The fraction of sp³-hybridized carbons (Fsp3) is 0.615. The molecule has 0 saturated carbocycles. The Labute approximate surface area is 102 Å². The Morgan fingerprint density at radius 2 is 2.41 bits per heavy atom. The first-order valence-corrected chi connectivity index (χ1v) is 6.28. The molecule has 4 nitrogen and oxygen atoms in total. The van der Waals surface area contributed by atoms with Gasteiger partial charge in [-0.05, 0) is 31.5 Å². The van der Waals surface area contributed by atoms with E-state index < -0.39 is 0 Å². The Balaban J connectivity index is 1.89. The molecular weight excluding hydrogens is 216 g/mol. The third-order valence-electron chi connectivity index (χ3n) is 3.21. The summed E-state index contributed by atoms with van der Waals surface area (Å²) in [5.74, 6) is 0.998. The van der Waals surface area contributed by atoms with Crippen molar-refractivity contribution in [2.45, 2.75) is 38.3 Å². The Kier molecular flexibility index (Phi) is 4.20. The van der Waals surface area contributed by atoms with Gasteiger partial charge in [0.25, 0.3) is 0 Å². The summed E-state index contributed by atoms with van der Waals surface area (Å²) >= 11 is 0. The lowest BCUT2D eigenvalue weighted by molar-refractivity contribution is -0.133. The predicted molar refractivity (Wildman–Crippen MR) is 65.4 cm³/mol. The second kappa shape index (κ2) is 5.87. The predicted octanol–water partition coefficient (Wildman–Crippen LogP) is 1.77. The number of likely N-dealkylation sites (N-methyl/N-ethyl adjacent to an activating group) is 1. The molecule has 2 heterocycles. The molecule has 1 aromatic rings. The quantitative estimate of drug-likeness (QED) is 0.870. The topological polar surface area (TPSA) is 45.5 Å². The van der Waals surface area contributed by atoms with E-state index in [0.29, 0.717) is 6.54 Å². The van der Waals surface area contributed by atoms with Gasteiger partial charge in [0.2, 0.25) is 5.91 Å². The summed E-state index contributed by atoms with van der Waals surface area (Å²) in [6.45, 7) is 1.50. The maximum Gasteiger partial charge on any atom is 0.239 e. The number of carbonyl (C=O) groups excluding carboxylic acids is 1. The highest BCUT2D eigenvalue weighted by Gasteiger charge is 2.22. The molecule has 1 fully saturated rings. The minimum atomic E-state index is -0.0162. The minimum Gasteiger partial charge on any atom is -0.467 e. The molecule has 1 aromatic heterocycles. The smallest absolute Gasteiger partial charge is 0.239 e. The standard InChI is InChI=1S/C13H20N2O2/c1-15(10-11-6-5-9-17-11)13(16)12-7-3-2-4-8-14-12/h5-6,9,12,14H,2-4,7-8,10H2,1H3. The molecule has 0 radical (unpaired) electrons. The highest BCUT2D eigenvalue weighted by Crippen LogP contribution is 2.12. The number of hydrogen-bond acceptors (Lipinski definition) is 3. The Bertz CT molecular complexity index is 340. The fourth-order valence-corrected chi connectivity index (χ4v) is 2.22. The van der Waals surface area contributed by atoms with Crippen LogP contribution in [0.3, 0.4) is 0 Å². The molecule has 17 heavy (non-hydrogen) atoms.